The highest BCUT2D eigenvalue weighted by Crippen LogP contribution is 2.19. The summed E-state index contributed by atoms with van der Waals surface area (Å²) >= 11 is 0. The molecule has 2 rings (SSSR count). The summed E-state index contributed by atoms with van der Waals surface area (Å²) in [6.45, 7) is 0.315. The minimum absolute atomic E-state index is 0.111. The third-order valence-electron chi connectivity index (χ3n) is 2.97. The average molecular weight is 266 g/mol. The van der Waals surface area contributed by atoms with Crippen LogP contribution in [-0.4, -0.2) is 58.3 Å². The van der Waals surface area contributed by atoms with Crippen LogP contribution >= 0.6 is 0 Å². The zero-order valence-corrected chi connectivity index (χ0v) is 10.3. The van der Waals surface area contributed by atoms with E-state index in [1.54, 1.807) is 6.07 Å². The molecule has 2 heterocycles. The van der Waals surface area contributed by atoms with E-state index in [0.29, 0.717) is 0 Å². The number of urea groups is 1. The van der Waals surface area contributed by atoms with Crippen molar-refractivity contribution < 1.29 is 19.4 Å². The molecule has 1 aliphatic rings. The number of carbonyl (C=O) groups is 2. The number of aliphatic carboxylic acids is 1. The van der Waals surface area contributed by atoms with Gasteiger partial charge in [0, 0.05) is 19.4 Å². The van der Waals surface area contributed by atoms with Crippen molar-refractivity contribution in [1.82, 2.24) is 14.9 Å². The number of nitrogens with one attached hydrogen (secondary N) is 1. The zero-order valence-electron chi connectivity index (χ0n) is 10.3. The number of rotatable bonds is 3. The molecule has 0 bridgehead atoms. The van der Waals surface area contributed by atoms with Gasteiger partial charge < -0.3 is 14.7 Å². The zero-order chi connectivity index (χ0) is 13.8. The molecule has 1 fully saturated rings. The van der Waals surface area contributed by atoms with Crippen molar-refractivity contribution in [2.24, 2.45) is 5.92 Å². The van der Waals surface area contributed by atoms with Crippen LogP contribution < -0.4 is 5.32 Å². The molecule has 0 radical (unpaired) electrons. The molecule has 1 aromatic rings. The number of hydrogen-bond donors (Lipinski definition) is 2. The first-order chi connectivity index (χ1) is 9.09. The number of carboxylic acids is 1. The number of hydrogen-bond acceptors (Lipinski definition) is 5. The van der Waals surface area contributed by atoms with Gasteiger partial charge in [-0.05, 0) is 6.07 Å². The van der Waals surface area contributed by atoms with Gasteiger partial charge in [-0.15, -0.1) is 0 Å². The Morgan fingerprint density at radius 1 is 1.42 bits per heavy atom. The average Bonchev–Trinajstić information content (AvgIpc) is 2.88. The lowest BCUT2D eigenvalue weighted by Gasteiger charge is -2.25. The SMILES string of the molecule is CN(C(=O)Nc1ncccn1)C1COCC1C(=O)O. The molecular weight excluding hydrogens is 252 g/mol. The summed E-state index contributed by atoms with van der Waals surface area (Å²) in [5, 5.41) is 11.5. The van der Waals surface area contributed by atoms with E-state index in [1.807, 2.05) is 0 Å². The van der Waals surface area contributed by atoms with E-state index >= 15 is 0 Å². The molecule has 2 atom stereocenters. The first kappa shape index (κ1) is 13.2. The van der Waals surface area contributed by atoms with Crippen LogP contribution in [0.25, 0.3) is 0 Å². The van der Waals surface area contributed by atoms with Gasteiger partial charge in [0.1, 0.15) is 5.92 Å². The molecule has 0 aliphatic carbocycles. The molecule has 1 aliphatic heterocycles. The fourth-order valence-electron chi connectivity index (χ4n) is 1.86. The molecule has 0 aromatic carbocycles. The van der Waals surface area contributed by atoms with Gasteiger partial charge in [-0.3, -0.25) is 10.1 Å². The summed E-state index contributed by atoms with van der Waals surface area (Å²) in [6, 6.07) is 0.666. The lowest BCUT2D eigenvalue weighted by atomic mass is 10.0. The summed E-state index contributed by atoms with van der Waals surface area (Å²) in [5.74, 6) is -1.52. The topological polar surface area (TPSA) is 105 Å². The maximum atomic E-state index is 12.0. The van der Waals surface area contributed by atoms with Gasteiger partial charge in [0.25, 0.3) is 0 Å². The highest BCUT2D eigenvalue weighted by Gasteiger charge is 2.38. The number of carbonyl (C=O) groups excluding carboxylic acids is 1. The Hall–Kier alpha value is -2.22. The van der Waals surface area contributed by atoms with Gasteiger partial charge in [0.05, 0.1) is 19.3 Å². The van der Waals surface area contributed by atoms with Crippen molar-refractivity contribution >= 4 is 17.9 Å². The van der Waals surface area contributed by atoms with Crippen LogP contribution in [0.1, 0.15) is 0 Å². The van der Waals surface area contributed by atoms with Crippen LogP contribution in [0.3, 0.4) is 0 Å². The molecule has 1 aromatic heterocycles. The van der Waals surface area contributed by atoms with Gasteiger partial charge in [-0.25, -0.2) is 14.8 Å². The van der Waals surface area contributed by atoms with Crippen LogP contribution in [0.15, 0.2) is 18.5 Å². The molecule has 8 heteroatoms. The number of ether oxygens (including phenoxy) is 1. The van der Waals surface area contributed by atoms with E-state index in [2.05, 4.69) is 15.3 Å². The molecule has 2 amide bonds. The number of nitrogens with zero attached hydrogens (tertiary/aromatic N) is 3. The summed E-state index contributed by atoms with van der Waals surface area (Å²) in [5.41, 5.74) is 0. The Kier molecular flexibility index (Phi) is 3.91. The van der Waals surface area contributed by atoms with Crippen molar-refractivity contribution in [3.8, 4) is 0 Å². The van der Waals surface area contributed by atoms with E-state index in [9.17, 15) is 9.59 Å². The molecular formula is C11H14N4O4. The number of carboxylic acid groups (broad SMARTS) is 1. The van der Waals surface area contributed by atoms with Gasteiger partial charge in [-0.1, -0.05) is 0 Å². The number of anilines is 1. The lowest BCUT2D eigenvalue weighted by Crippen LogP contribution is -2.46. The van der Waals surface area contributed by atoms with E-state index in [4.69, 9.17) is 9.84 Å². The third-order valence-corrected chi connectivity index (χ3v) is 2.97. The summed E-state index contributed by atoms with van der Waals surface area (Å²) in [6.07, 6.45) is 3.00. The van der Waals surface area contributed by atoms with E-state index in [1.165, 1.54) is 24.3 Å². The Morgan fingerprint density at radius 3 is 2.74 bits per heavy atom. The fraction of sp³-hybridized carbons (Fsp3) is 0.455. The molecule has 2 N–H and O–H groups in total. The quantitative estimate of drug-likeness (QED) is 0.800. The molecule has 19 heavy (non-hydrogen) atoms. The Morgan fingerprint density at radius 2 is 2.11 bits per heavy atom. The smallest absolute Gasteiger partial charge is 0.324 e. The van der Waals surface area contributed by atoms with Crippen LogP contribution in [-0.2, 0) is 9.53 Å². The molecule has 1 saturated heterocycles. The molecule has 0 saturated carbocycles. The third kappa shape index (κ3) is 2.97. The van der Waals surface area contributed by atoms with Crippen molar-refractivity contribution in [1.29, 1.82) is 0 Å². The fourth-order valence-corrected chi connectivity index (χ4v) is 1.86. The largest absolute Gasteiger partial charge is 0.481 e. The van der Waals surface area contributed by atoms with Crippen molar-refractivity contribution in [3.05, 3.63) is 18.5 Å². The van der Waals surface area contributed by atoms with Gasteiger partial charge in [0.2, 0.25) is 5.95 Å². The molecule has 8 nitrogen and oxygen atoms in total. The predicted molar refractivity (Wildman–Crippen MR) is 64.5 cm³/mol. The van der Waals surface area contributed by atoms with Crippen molar-refractivity contribution in [2.45, 2.75) is 6.04 Å². The number of aromatic nitrogens is 2. The van der Waals surface area contributed by atoms with Crippen LogP contribution in [0, 0.1) is 5.92 Å². The van der Waals surface area contributed by atoms with E-state index in [0.717, 1.165) is 0 Å². The summed E-state index contributed by atoms with van der Waals surface area (Å²) < 4.78 is 5.12. The Balaban J connectivity index is 2.01. The van der Waals surface area contributed by atoms with Crippen molar-refractivity contribution in [3.63, 3.8) is 0 Å². The first-order valence-corrected chi connectivity index (χ1v) is 5.71. The Labute approximate surface area is 109 Å². The van der Waals surface area contributed by atoms with Gasteiger partial charge >= 0.3 is 12.0 Å². The monoisotopic (exact) mass is 266 g/mol. The molecule has 0 spiro atoms. The Bertz CT molecular complexity index is 467. The van der Waals surface area contributed by atoms with Crippen LogP contribution in [0.2, 0.25) is 0 Å². The summed E-state index contributed by atoms with van der Waals surface area (Å²) in [7, 11) is 1.52. The van der Waals surface area contributed by atoms with Crippen LogP contribution in [0.4, 0.5) is 10.7 Å². The van der Waals surface area contributed by atoms with Crippen LogP contribution in [0.5, 0.6) is 0 Å². The maximum absolute atomic E-state index is 12.0. The highest BCUT2D eigenvalue weighted by atomic mass is 16.5. The van der Waals surface area contributed by atoms with E-state index in [-0.39, 0.29) is 19.2 Å². The van der Waals surface area contributed by atoms with Gasteiger partial charge in [-0.2, -0.15) is 0 Å². The second-order valence-electron chi connectivity index (χ2n) is 4.16. The molecule has 2 unspecified atom stereocenters. The second kappa shape index (κ2) is 5.61. The normalized spacial score (nSPS) is 21.9. The molecule has 102 valence electrons. The lowest BCUT2D eigenvalue weighted by molar-refractivity contribution is -0.142. The van der Waals surface area contributed by atoms with Crippen molar-refractivity contribution in [2.75, 3.05) is 25.6 Å². The number of amides is 2. The summed E-state index contributed by atoms with van der Waals surface area (Å²) in [4.78, 5) is 32.0. The number of likely N-dealkylation sites (N-methyl/N-ethyl adjacent to an activating group) is 1. The minimum atomic E-state index is -0.974. The maximum Gasteiger partial charge on any atom is 0.324 e. The van der Waals surface area contributed by atoms with E-state index < -0.39 is 24.0 Å². The first-order valence-electron chi connectivity index (χ1n) is 5.71. The minimum Gasteiger partial charge on any atom is -0.481 e. The predicted octanol–water partition coefficient (Wildman–Crippen LogP) is 0.0399. The van der Waals surface area contributed by atoms with Gasteiger partial charge in [0.15, 0.2) is 0 Å². The second-order valence-corrected chi connectivity index (χ2v) is 4.16. The standard InChI is InChI=1S/C11H14N4O4/c1-15(8-6-19-5-7(8)9(16)17)11(18)14-10-12-3-2-4-13-10/h2-4,7-8H,5-6H2,1H3,(H,16,17)(H,12,13,14,18). The highest BCUT2D eigenvalue weighted by molar-refractivity contribution is 5.88.